The molecular weight excluding hydrogens is 442 g/mol. The lowest BCUT2D eigenvalue weighted by atomic mass is 9.49. The summed E-state index contributed by atoms with van der Waals surface area (Å²) in [4.78, 5) is 0. The van der Waals surface area contributed by atoms with E-state index in [1.807, 2.05) is 24.3 Å². The number of hydrogen-bond donors (Lipinski definition) is 2. The van der Waals surface area contributed by atoms with Gasteiger partial charge in [0.1, 0.15) is 5.75 Å². The SMILES string of the molecule is CCCc1ccc2c(c1)CCC1C(C)(CNCCC(O)c3ccc(OC)cc3)CCCC21C.Cl. The maximum atomic E-state index is 10.6. The van der Waals surface area contributed by atoms with Gasteiger partial charge in [-0.25, -0.2) is 0 Å². The van der Waals surface area contributed by atoms with E-state index in [1.54, 1.807) is 18.2 Å². The Labute approximate surface area is 213 Å². The van der Waals surface area contributed by atoms with Crippen molar-refractivity contribution in [3.8, 4) is 5.75 Å². The van der Waals surface area contributed by atoms with Gasteiger partial charge in [0, 0.05) is 6.54 Å². The number of methoxy groups -OCH3 is 1. The molecule has 0 aliphatic heterocycles. The molecule has 2 aromatic carbocycles. The third-order valence-corrected chi connectivity index (χ3v) is 8.70. The fraction of sp³-hybridized carbons (Fsp3) is 0.600. The van der Waals surface area contributed by atoms with Crippen molar-refractivity contribution in [1.82, 2.24) is 5.32 Å². The van der Waals surface area contributed by atoms with Crippen LogP contribution in [-0.4, -0.2) is 25.3 Å². The molecule has 0 aromatic heterocycles. The van der Waals surface area contributed by atoms with Crippen LogP contribution in [0.25, 0.3) is 0 Å². The van der Waals surface area contributed by atoms with E-state index in [4.69, 9.17) is 4.74 Å². The first-order chi connectivity index (χ1) is 15.9. The highest BCUT2D eigenvalue weighted by molar-refractivity contribution is 5.85. The molecule has 1 saturated carbocycles. The maximum absolute atomic E-state index is 10.6. The van der Waals surface area contributed by atoms with Crippen LogP contribution in [0.4, 0.5) is 0 Å². The Hall–Kier alpha value is -1.55. The number of fused-ring (bicyclic) bond motifs is 3. The van der Waals surface area contributed by atoms with Crippen LogP contribution in [0.3, 0.4) is 0 Å². The third kappa shape index (κ3) is 5.48. The lowest BCUT2D eigenvalue weighted by molar-refractivity contribution is 0.0252. The van der Waals surface area contributed by atoms with Crippen molar-refractivity contribution in [3.05, 3.63) is 64.7 Å². The molecule has 4 heteroatoms. The van der Waals surface area contributed by atoms with E-state index in [1.165, 1.54) is 50.5 Å². The van der Waals surface area contributed by atoms with Gasteiger partial charge in [0.15, 0.2) is 0 Å². The molecule has 0 amide bonds. The molecule has 0 radical (unpaired) electrons. The van der Waals surface area contributed by atoms with Gasteiger partial charge in [0.25, 0.3) is 0 Å². The Balaban J connectivity index is 0.00000324. The monoisotopic (exact) mass is 485 g/mol. The summed E-state index contributed by atoms with van der Waals surface area (Å²) in [6.45, 7) is 9.19. The van der Waals surface area contributed by atoms with Crippen LogP contribution >= 0.6 is 12.4 Å². The fourth-order valence-corrected chi connectivity index (χ4v) is 6.94. The number of aliphatic hydroxyl groups is 1. The first kappa shape index (κ1) is 27.0. The van der Waals surface area contributed by atoms with Gasteiger partial charge in [0.2, 0.25) is 0 Å². The van der Waals surface area contributed by atoms with Crippen LogP contribution in [0.1, 0.15) is 87.7 Å². The largest absolute Gasteiger partial charge is 0.497 e. The lowest BCUT2D eigenvalue weighted by Gasteiger charge is -2.55. The second-order valence-corrected chi connectivity index (χ2v) is 11.0. The van der Waals surface area contributed by atoms with Gasteiger partial charge >= 0.3 is 0 Å². The van der Waals surface area contributed by atoms with Gasteiger partial charge in [-0.2, -0.15) is 0 Å². The number of nitrogens with one attached hydrogen (secondary N) is 1. The molecule has 2 aliphatic carbocycles. The van der Waals surface area contributed by atoms with Gasteiger partial charge in [-0.1, -0.05) is 63.9 Å². The number of ether oxygens (including phenoxy) is 1. The van der Waals surface area contributed by atoms with Gasteiger partial charge < -0.3 is 15.2 Å². The quantitative estimate of drug-likeness (QED) is 0.384. The summed E-state index contributed by atoms with van der Waals surface area (Å²) in [5, 5.41) is 14.3. The predicted octanol–water partition coefficient (Wildman–Crippen LogP) is 6.79. The van der Waals surface area contributed by atoms with Crippen LogP contribution in [0.5, 0.6) is 5.75 Å². The van der Waals surface area contributed by atoms with Crippen LogP contribution in [0, 0.1) is 11.3 Å². The number of rotatable bonds is 9. The van der Waals surface area contributed by atoms with Crippen LogP contribution in [0.2, 0.25) is 0 Å². The third-order valence-electron chi connectivity index (χ3n) is 8.70. The minimum absolute atomic E-state index is 0. The summed E-state index contributed by atoms with van der Waals surface area (Å²) >= 11 is 0. The topological polar surface area (TPSA) is 41.5 Å². The second kappa shape index (κ2) is 11.5. The molecule has 4 rings (SSSR count). The Morgan fingerprint density at radius 1 is 1.12 bits per heavy atom. The summed E-state index contributed by atoms with van der Waals surface area (Å²) in [5.74, 6) is 1.54. The van der Waals surface area contributed by atoms with Crippen LogP contribution < -0.4 is 10.1 Å². The van der Waals surface area contributed by atoms with Crippen molar-refractivity contribution in [2.45, 2.75) is 83.7 Å². The lowest BCUT2D eigenvalue weighted by Crippen LogP contribution is -2.52. The van der Waals surface area contributed by atoms with E-state index in [9.17, 15) is 5.11 Å². The van der Waals surface area contributed by atoms with E-state index < -0.39 is 6.10 Å². The Morgan fingerprint density at radius 3 is 2.59 bits per heavy atom. The van der Waals surface area contributed by atoms with E-state index in [0.29, 0.717) is 11.3 Å². The number of halogens is 1. The highest BCUT2D eigenvalue weighted by atomic mass is 35.5. The molecule has 0 bridgehead atoms. The van der Waals surface area contributed by atoms with Crippen molar-refractivity contribution in [2.75, 3.05) is 20.2 Å². The molecule has 34 heavy (non-hydrogen) atoms. The highest BCUT2D eigenvalue weighted by Crippen LogP contribution is 2.57. The minimum Gasteiger partial charge on any atom is -0.497 e. The normalized spacial score (nSPS) is 26.7. The summed E-state index contributed by atoms with van der Waals surface area (Å²) in [5.41, 5.74) is 6.29. The van der Waals surface area contributed by atoms with Crippen molar-refractivity contribution < 1.29 is 9.84 Å². The molecule has 2 aromatic rings. The predicted molar refractivity (Wildman–Crippen MR) is 144 cm³/mol. The van der Waals surface area contributed by atoms with Crippen molar-refractivity contribution in [2.24, 2.45) is 11.3 Å². The second-order valence-electron chi connectivity index (χ2n) is 11.0. The summed E-state index contributed by atoms with van der Waals surface area (Å²) in [6, 6.07) is 15.1. The molecule has 188 valence electrons. The average Bonchev–Trinajstić information content (AvgIpc) is 2.82. The van der Waals surface area contributed by atoms with Crippen LogP contribution in [-0.2, 0) is 18.3 Å². The highest BCUT2D eigenvalue weighted by Gasteiger charge is 2.51. The molecular formula is C30H44ClNO2. The van der Waals surface area contributed by atoms with Crippen molar-refractivity contribution in [3.63, 3.8) is 0 Å². The van der Waals surface area contributed by atoms with E-state index in [-0.39, 0.29) is 17.8 Å². The molecule has 2 aliphatic rings. The maximum Gasteiger partial charge on any atom is 0.118 e. The minimum atomic E-state index is -0.438. The summed E-state index contributed by atoms with van der Waals surface area (Å²) in [6.07, 6.45) is 9.13. The molecule has 3 nitrogen and oxygen atoms in total. The molecule has 4 unspecified atom stereocenters. The number of hydrogen-bond acceptors (Lipinski definition) is 3. The first-order valence-electron chi connectivity index (χ1n) is 13.0. The zero-order chi connectivity index (χ0) is 23.5. The van der Waals surface area contributed by atoms with E-state index >= 15 is 0 Å². The van der Waals surface area contributed by atoms with Crippen molar-refractivity contribution >= 4 is 12.4 Å². The van der Waals surface area contributed by atoms with E-state index in [0.717, 1.165) is 30.8 Å². The number of benzene rings is 2. The standard InChI is InChI=1S/C30H43NO2.ClH/c1-5-7-22-8-14-26-24(20-22)11-15-28-29(2,17-6-18-30(26,28)3)21-31-19-16-27(32)23-9-12-25(33-4)13-10-23;/h8-10,12-14,20,27-28,31-32H,5-7,11,15-19,21H2,1-4H3;1H. The van der Waals surface area contributed by atoms with Gasteiger partial charge in [-0.3, -0.25) is 0 Å². The van der Waals surface area contributed by atoms with E-state index in [2.05, 4.69) is 44.3 Å². The zero-order valence-electron chi connectivity index (χ0n) is 21.5. The molecule has 2 N–H and O–H groups in total. The molecule has 0 spiro atoms. The first-order valence-corrected chi connectivity index (χ1v) is 13.0. The Bertz CT molecular complexity index is 930. The van der Waals surface area contributed by atoms with Gasteiger partial charge in [-0.15, -0.1) is 12.4 Å². The smallest absolute Gasteiger partial charge is 0.118 e. The molecule has 0 heterocycles. The van der Waals surface area contributed by atoms with Crippen molar-refractivity contribution in [1.29, 1.82) is 0 Å². The number of aliphatic hydroxyl groups excluding tert-OH is 1. The zero-order valence-corrected chi connectivity index (χ0v) is 22.3. The van der Waals surface area contributed by atoms with Crippen LogP contribution in [0.15, 0.2) is 42.5 Å². The summed E-state index contributed by atoms with van der Waals surface area (Å²) in [7, 11) is 1.67. The van der Waals surface area contributed by atoms with Gasteiger partial charge in [0.05, 0.1) is 13.2 Å². The Kier molecular flexibility index (Phi) is 9.11. The molecule has 1 fully saturated rings. The van der Waals surface area contributed by atoms with Gasteiger partial charge in [-0.05, 0) is 96.2 Å². The molecule has 4 atom stereocenters. The molecule has 0 saturated heterocycles. The summed E-state index contributed by atoms with van der Waals surface area (Å²) < 4.78 is 5.22. The number of aryl methyl sites for hydroxylation is 2. The average molecular weight is 486 g/mol. The Morgan fingerprint density at radius 2 is 1.88 bits per heavy atom. The fourth-order valence-electron chi connectivity index (χ4n) is 6.94.